The number of halogens is 3. The molecular weight excluding hydrogens is 532 g/mol. The minimum absolute atomic E-state index is 0.129. The Hall–Kier alpha value is -1.39. The fourth-order valence-corrected chi connectivity index (χ4v) is 3.95. The highest BCUT2D eigenvalue weighted by molar-refractivity contribution is 14.1. The summed E-state index contributed by atoms with van der Waals surface area (Å²) in [6.07, 6.45) is 5.74. The van der Waals surface area contributed by atoms with Crippen molar-refractivity contribution >= 4 is 56.0 Å². The fourth-order valence-electron chi connectivity index (χ4n) is 2.66. The van der Waals surface area contributed by atoms with E-state index in [9.17, 15) is 4.79 Å². The van der Waals surface area contributed by atoms with Gasteiger partial charge in [0.25, 0.3) is 5.91 Å². The average Bonchev–Trinajstić information content (AvgIpc) is 3.21. The van der Waals surface area contributed by atoms with Crippen molar-refractivity contribution in [3.63, 3.8) is 0 Å². The Bertz CT molecular complexity index is 1010. The first-order chi connectivity index (χ1) is 12.4. The van der Waals surface area contributed by atoms with Crippen LogP contribution < -0.4 is 5.32 Å². The molecule has 1 amide bonds. The molecule has 0 saturated heterocycles. The van der Waals surface area contributed by atoms with Crippen LogP contribution in [0.1, 0.15) is 23.2 Å². The number of carbonyl (C=O) groups is 1. The van der Waals surface area contributed by atoms with Crippen LogP contribution in [0, 0.1) is 3.70 Å². The van der Waals surface area contributed by atoms with Gasteiger partial charge in [0, 0.05) is 24.8 Å². The zero-order chi connectivity index (χ0) is 18.4. The first kappa shape index (κ1) is 18.0. The van der Waals surface area contributed by atoms with Crippen molar-refractivity contribution in [3.05, 3.63) is 49.4 Å². The van der Waals surface area contributed by atoms with Gasteiger partial charge in [-0.05, 0) is 69.1 Å². The molecule has 2 aromatic heterocycles. The van der Waals surface area contributed by atoms with Crippen LogP contribution in [0.4, 0.5) is 0 Å². The second kappa shape index (κ2) is 6.97. The van der Waals surface area contributed by atoms with Crippen LogP contribution in [0.5, 0.6) is 0 Å². The van der Waals surface area contributed by atoms with Gasteiger partial charge in [-0.25, -0.2) is 9.36 Å². The van der Waals surface area contributed by atoms with Crippen molar-refractivity contribution in [3.8, 4) is 16.9 Å². The largest absolute Gasteiger partial charge is 0.349 e. The molecule has 0 bridgehead atoms. The Balaban J connectivity index is 1.68. The first-order valence-corrected chi connectivity index (χ1v) is 10.2. The number of hydrogen-bond donors (Lipinski definition) is 1. The molecule has 134 valence electrons. The van der Waals surface area contributed by atoms with E-state index in [2.05, 4.69) is 54.0 Å². The highest BCUT2D eigenvalue weighted by atomic mass is 127. The van der Waals surface area contributed by atoms with E-state index >= 15 is 0 Å². The molecule has 26 heavy (non-hydrogen) atoms. The third-order valence-corrected chi connectivity index (χ3v) is 6.73. The van der Waals surface area contributed by atoms with Gasteiger partial charge < -0.3 is 5.32 Å². The third kappa shape index (κ3) is 3.41. The molecule has 1 aliphatic rings. The molecule has 1 fully saturated rings. The zero-order valence-corrected chi connectivity index (χ0v) is 18.2. The van der Waals surface area contributed by atoms with Crippen molar-refractivity contribution in [2.24, 2.45) is 7.05 Å². The SMILES string of the molecule is Cn1nc(I)c(Br)c1-n1cc(-c2ccc(Cl)c(C(=O)NC3CC3)c2)cn1. The maximum Gasteiger partial charge on any atom is 0.253 e. The predicted octanol–water partition coefficient (Wildman–Crippen LogP) is 4.19. The van der Waals surface area contributed by atoms with Gasteiger partial charge in [-0.1, -0.05) is 17.7 Å². The Morgan fingerprint density at radius 2 is 2.15 bits per heavy atom. The summed E-state index contributed by atoms with van der Waals surface area (Å²) >= 11 is 11.9. The van der Waals surface area contributed by atoms with E-state index in [1.165, 1.54) is 0 Å². The molecular formula is C17H14BrClIN5O. The smallest absolute Gasteiger partial charge is 0.253 e. The lowest BCUT2D eigenvalue weighted by Crippen LogP contribution is -2.25. The van der Waals surface area contributed by atoms with E-state index in [0.717, 1.165) is 38.0 Å². The molecule has 2 heterocycles. The molecule has 0 spiro atoms. The van der Waals surface area contributed by atoms with Gasteiger partial charge in [0.15, 0.2) is 5.82 Å². The molecule has 4 rings (SSSR count). The van der Waals surface area contributed by atoms with Crippen molar-refractivity contribution in [2.75, 3.05) is 0 Å². The lowest BCUT2D eigenvalue weighted by molar-refractivity contribution is 0.0951. The molecule has 6 nitrogen and oxygen atoms in total. The topological polar surface area (TPSA) is 64.7 Å². The molecule has 1 N–H and O–H groups in total. The summed E-state index contributed by atoms with van der Waals surface area (Å²) in [5.41, 5.74) is 2.26. The van der Waals surface area contributed by atoms with Crippen LogP contribution in [0.25, 0.3) is 16.9 Å². The van der Waals surface area contributed by atoms with Gasteiger partial charge >= 0.3 is 0 Å². The standard InChI is InChI=1S/C17H14BrClIN5O/c1-24-17(14(18)15(20)23-24)25-8-10(7-21-25)9-2-5-13(19)12(6-9)16(26)22-11-3-4-11/h2,5-8,11H,3-4H2,1H3,(H,22,26). The third-order valence-electron chi connectivity index (χ3n) is 4.18. The predicted molar refractivity (Wildman–Crippen MR) is 112 cm³/mol. The number of aromatic nitrogens is 4. The Kier molecular flexibility index (Phi) is 4.83. The number of nitrogens with zero attached hydrogens (tertiary/aromatic N) is 4. The Morgan fingerprint density at radius 3 is 2.81 bits per heavy atom. The molecule has 1 aromatic carbocycles. The molecule has 3 aromatic rings. The summed E-state index contributed by atoms with van der Waals surface area (Å²) in [5.74, 6) is 0.706. The van der Waals surface area contributed by atoms with E-state index in [-0.39, 0.29) is 11.9 Å². The highest BCUT2D eigenvalue weighted by Gasteiger charge is 2.25. The molecule has 0 radical (unpaired) electrons. The quantitative estimate of drug-likeness (QED) is 0.500. The van der Waals surface area contributed by atoms with Crippen LogP contribution >= 0.6 is 50.1 Å². The molecule has 0 unspecified atom stereocenters. The number of rotatable bonds is 4. The summed E-state index contributed by atoms with van der Waals surface area (Å²) in [5, 5.41) is 12.2. The van der Waals surface area contributed by atoms with Gasteiger partial charge in [-0.2, -0.15) is 10.2 Å². The molecule has 1 aliphatic carbocycles. The van der Waals surface area contributed by atoms with Gasteiger partial charge in [0.1, 0.15) is 3.70 Å². The average molecular weight is 547 g/mol. The summed E-state index contributed by atoms with van der Waals surface area (Å²) in [6.45, 7) is 0. The highest BCUT2D eigenvalue weighted by Crippen LogP contribution is 2.29. The fraction of sp³-hybridized carbons (Fsp3) is 0.235. The molecule has 9 heteroatoms. The summed E-state index contributed by atoms with van der Waals surface area (Å²) < 4.78 is 5.27. The van der Waals surface area contributed by atoms with E-state index in [0.29, 0.717) is 10.6 Å². The van der Waals surface area contributed by atoms with Crippen LogP contribution in [0.15, 0.2) is 35.1 Å². The Labute approximate surface area is 177 Å². The van der Waals surface area contributed by atoms with Crippen molar-refractivity contribution < 1.29 is 4.79 Å². The second-order valence-corrected chi connectivity index (χ2v) is 8.39. The van der Waals surface area contributed by atoms with Crippen molar-refractivity contribution in [1.82, 2.24) is 24.9 Å². The van der Waals surface area contributed by atoms with Gasteiger partial charge in [-0.3, -0.25) is 4.79 Å². The zero-order valence-electron chi connectivity index (χ0n) is 13.7. The number of benzene rings is 1. The van der Waals surface area contributed by atoms with Gasteiger partial charge in [0.2, 0.25) is 0 Å². The normalized spacial score (nSPS) is 13.8. The summed E-state index contributed by atoms with van der Waals surface area (Å²) in [6, 6.07) is 5.73. The monoisotopic (exact) mass is 545 g/mol. The van der Waals surface area contributed by atoms with Crippen molar-refractivity contribution in [1.29, 1.82) is 0 Å². The number of hydrogen-bond acceptors (Lipinski definition) is 3. The van der Waals surface area contributed by atoms with Crippen LogP contribution in [0.3, 0.4) is 0 Å². The Morgan fingerprint density at radius 1 is 1.38 bits per heavy atom. The van der Waals surface area contributed by atoms with E-state index in [4.69, 9.17) is 11.6 Å². The van der Waals surface area contributed by atoms with E-state index in [1.54, 1.807) is 21.6 Å². The number of carbonyl (C=O) groups excluding carboxylic acids is 1. The number of aryl methyl sites for hydroxylation is 1. The number of nitrogens with one attached hydrogen (secondary N) is 1. The number of amides is 1. The lowest BCUT2D eigenvalue weighted by Gasteiger charge is -2.07. The van der Waals surface area contributed by atoms with Crippen LogP contribution in [-0.2, 0) is 7.05 Å². The maximum absolute atomic E-state index is 12.4. The van der Waals surface area contributed by atoms with Crippen LogP contribution in [-0.4, -0.2) is 31.5 Å². The lowest BCUT2D eigenvalue weighted by atomic mass is 10.1. The maximum atomic E-state index is 12.4. The summed E-state index contributed by atoms with van der Waals surface area (Å²) in [4.78, 5) is 12.4. The van der Waals surface area contributed by atoms with E-state index < -0.39 is 0 Å². The second-order valence-electron chi connectivity index (χ2n) is 6.17. The van der Waals surface area contributed by atoms with E-state index in [1.807, 2.05) is 25.4 Å². The first-order valence-electron chi connectivity index (χ1n) is 7.98. The van der Waals surface area contributed by atoms with Crippen LogP contribution in [0.2, 0.25) is 5.02 Å². The van der Waals surface area contributed by atoms with Gasteiger partial charge in [-0.15, -0.1) is 0 Å². The van der Waals surface area contributed by atoms with Gasteiger partial charge in [0.05, 0.1) is 21.3 Å². The van der Waals surface area contributed by atoms with Crippen molar-refractivity contribution in [2.45, 2.75) is 18.9 Å². The minimum atomic E-state index is -0.129. The summed E-state index contributed by atoms with van der Waals surface area (Å²) in [7, 11) is 1.87. The molecule has 0 aliphatic heterocycles. The molecule has 1 saturated carbocycles. The minimum Gasteiger partial charge on any atom is -0.349 e. The molecule has 0 atom stereocenters.